The van der Waals surface area contributed by atoms with Gasteiger partial charge in [-0.05, 0) is 98.2 Å². The predicted molar refractivity (Wildman–Crippen MR) is 145 cm³/mol. The van der Waals surface area contributed by atoms with E-state index in [0.717, 1.165) is 31.6 Å². The van der Waals surface area contributed by atoms with Crippen molar-refractivity contribution in [3.63, 3.8) is 0 Å². The van der Waals surface area contributed by atoms with Crippen LogP contribution in [0.15, 0.2) is 48.5 Å². The van der Waals surface area contributed by atoms with Crippen LogP contribution in [0.1, 0.15) is 84.0 Å². The minimum atomic E-state index is 0.0552. The van der Waals surface area contributed by atoms with Crippen LogP contribution in [-0.4, -0.2) is 49.2 Å². The molecule has 6 rings (SSSR count). The van der Waals surface area contributed by atoms with Gasteiger partial charge in [-0.3, -0.25) is 4.79 Å². The molecule has 2 heterocycles. The number of amides is 1. The summed E-state index contributed by atoms with van der Waals surface area (Å²) in [7, 11) is 0. The van der Waals surface area contributed by atoms with Gasteiger partial charge in [0.25, 0.3) is 5.91 Å². The molecule has 2 aliphatic heterocycles. The first kappa shape index (κ1) is 23.9. The molecule has 4 heteroatoms. The number of aryl methyl sites for hydroxylation is 1. The highest BCUT2D eigenvalue weighted by molar-refractivity contribution is 5.94. The van der Waals surface area contributed by atoms with E-state index in [1.807, 2.05) is 6.07 Å². The maximum absolute atomic E-state index is 12.8. The molecule has 3 fully saturated rings. The summed E-state index contributed by atoms with van der Waals surface area (Å²) in [6.45, 7) is 8.49. The Kier molecular flexibility index (Phi) is 6.51. The number of hydrogen-bond acceptors (Lipinski definition) is 3. The van der Waals surface area contributed by atoms with E-state index in [0.29, 0.717) is 17.9 Å². The number of benzene rings is 2. The van der Waals surface area contributed by atoms with Crippen molar-refractivity contribution in [2.24, 2.45) is 5.92 Å². The molecule has 2 aromatic rings. The lowest BCUT2D eigenvalue weighted by atomic mass is 9.68. The highest BCUT2D eigenvalue weighted by atomic mass is 16.5. The number of rotatable bonds is 4. The van der Waals surface area contributed by atoms with Gasteiger partial charge in [0.05, 0.1) is 0 Å². The Morgan fingerprint density at radius 1 is 1.08 bits per heavy atom. The molecule has 0 bridgehead atoms. The van der Waals surface area contributed by atoms with Crippen molar-refractivity contribution >= 4 is 12.0 Å². The summed E-state index contributed by atoms with van der Waals surface area (Å²) in [4.78, 5) is 15.6. The van der Waals surface area contributed by atoms with Gasteiger partial charge in [0, 0.05) is 42.8 Å². The Labute approximate surface area is 216 Å². The normalized spacial score (nSPS) is 30.6. The smallest absolute Gasteiger partial charge is 0.251 e. The summed E-state index contributed by atoms with van der Waals surface area (Å²) >= 11 is 0. The average molecular weight is 485 g/mol. The zero-order chi connectivity index (χ0) is 24.7. The summed E-state index contributed by atoms with van der Waals surface area (Å²) in [5, 5.41) is 3.20. The molecule has 2 aliphatic carbocycles. The monoisotopic (exact) mass is 484 g/mol. The van der Waals surface area contributed by atoms with Crippen LogP contribution in [-0.2, 0) is 10.2 Å². The fraction of sp³-hybridized carbons (Fsp3) is 0.531. The number of allylic oxidation sites excluding steroid dienone is 1. The maximum Gasteiger partial charge on any atom is 0.251 e. The van der Waals surface area contributed by atoms with Crippen molar-refractivity contribution in [3.8, 4) is 0 Å². The third kappa shape index (κ3) is 4.33. The van der Waals surface area contributed by atoms with Gasteiger partial charge in [0.15, 0.2) is 0 Å². The Hall–Kier alpha value is -2.43. The topological polar surface area (TPSA) is 41.6 Å². The number of piperidine rings is 1. The number of nitrogens with one attached hydrogen (secondary N) is 1. The molecule has 4 nitrogen and oxygen atoms in total. The number of nitrogens with zero attached hydrogens (tertiary/aromatic N) is 1. The molecule has 1 saturated carbocycles. The fourth-order valence-electron chi connectivity index (χ4n) is 7.51. The van der Waals surface area contributed by atoms with E-state index in [-0.39, 0.29) is 17.4 Å². The molecule has 2 aromatic carbocycles. The minimum Gasteiger partial charge on any atom is -0.381 e. The second-order valence-electron chi connectivity index (χ2n) is 11.7. The van der Waals surface area contributed by atoms with Crippen molar-refractivity contribution in [2.45, 2.75) is 75.8 Å². The lowest BCUT2D eigenvalue weighted by Gasteiger charge is -2.46. The second-order valence-corrected chi connectivity index (χ2v) is 11.7. The van der Waals surface area contributed by atoms with Gasteiger partial charge in [-0.2, -0.15) is 0 Å². The first-order valence-electron chi connectivity index (χ1n) is 14.1. The zero-order valence-corrected chi connectivity index (χ0v) is 21.8. The molecule has 2 saturated heterocycles. The van der Waals surface area contributed by atoms with Crippen LogP contribution in [0.25, 0.3) is 6.08 Å². The number of carbonyl (C=O) groups excluding carboxylic acids is 1. The third-order valence-electron chi connectivity index (χ3n) is 9.67. The quantitative estimate of drug-likeness (QED) is 0.592. The highest BCUT2D eigenvalue weighted by Crippen LogP contribution is 2.48. The van der Waals surface area contributed by atoms with Crippen LogP contribution < -0.4 is 5.32 Å². The molecule has 3 unspecified atom stereocenters. The Morgan fingerprint density at radius 2 is 1.92 bits per heavy atom. The maximum atomic E-state index is 12.8. The zero-order valence-electron chi connectivity index (χ0n) is 21.8. The molecule has 0 aromatic heterocycles. The van der Waals surface area contributed by atoms with Gasteiger partial charge in [-0.1, -0.05) is 49.4 Å². The van der Waals surface area contributed by atoms with Gasteiger partial charge in [-0.25, -0.2) is 0 Å². The van der Waals surface area contributed by atoms with E-state index in [2.05, 4.69) is 72.6 Å². The molecule has 190 valence electrons. The fourth-order valence-corrected chi connectivity index (χ4v) is 7.51. The Balaban J connectivity index is 1.08. The van der Waals surface area contributed by atoms with Crippen LogP contribution in [0.2, 0.25) is 0 Å². The SMILES string of the molecule is Cc1cc(C(=O)NC2CCOCC2)ccc1C1CCC(N2CCC3(C=Cc4ccccc43)[C@@H](C)C2)C1. The molecule has 1 amide bonds. The van der Waals surface area contributed by atoms with Gasteiger partial charge >= 0.3 is 0 Å². The third-order valence-corrected chi connectivity index (χ3v) is 9.67. The lowest BCUT2D eigenvalue weighted by molar-refractivity contribution is 0.0696. The Morgan fingerprint density at radius 3 is 2.72 bits per heavy atom. The van der Waals surface area contributed by atoms with E-state index in [9.17, 15) is 4.79 Å². The summed E-state index contributed by atoms with van der Waals surface area (Å²) in [5.41, 5.74) is 6.67. The summed E-state index contributed by atoms with van der Waals surface area (Å²) in [6, 6.07) is 16.3. The molecule has 4 aliphatic rings. The van der Waals surface area contributed by atoms with Crippen LogP contribution >= 0.6 is 0 Å². The predicted octanol–water partition coefficient (Wildman–Crippen LogP) is 5.85. The second kappa shape index (κ2) is 9.79. The van der Waals surface area contributed by atoms with Crippen LogP contribution in [0.5, 0.6) is 0 Å². The van der Waals surface area contributed by atoms with E-state index < -0.39 is 0 Å². The molecular weight excluding hydrogens is 444 g/mol. The molecule has 1 N–H and O–H groups in total. The highest BCUT2D eigenvalue weighted by Gasteiger charge is 2.45. The summed E-state index contributed by atoms with van der Waals surface area (Å²) < 4.78 is 5.42. The first-order valence-corrected chi connectivity index (χ1v) is 14.1. The van der Waals surface area contributed by atoms with E-state index >= 15 is 0 Å². The van der Waals surface area contributed by atoms with E-state index in [4.69, 9.17) is 4.74 Å². The number of hydrogen-bond donors (Lipinski definition) is 1. The standard InChI is InChI=1S/C32H40N2O2/c1-22-19-26(31(35)33-27-12-17-36-18-13-27)8-10-29(22)25-7-9-28(20-25)34-16-15-32(23(2)21-34)14-11-24-5-3-4-6-30(24)32/h3-6,8,10-11,14,19,23,25,27-28H,7,9,12-13,15-18,20-21H2,1-2H3,(H,33,35)/t23-,25?,28?,32?/m0/s1. The van der Waals surface area contributed by atoms with Crippen molar-refractivity contribution in [1.82, 2.24) is 10.2 Å². The number of ether oxygens (including phenoxy) is 1. The number of likely N-dealkylation sites (tertiary alicyclic amines) is 1. The van der Waals surface area contributed by atoms with Gasteiger partial charge in [-0.15, -0.1) is 0 Å². The van der Waals surface area contributed by atoms with Gasteiger partial charge in [0.1, 0.15) is 0 Å². The van der Waals surface area contributed by atoms with Crippen molar-refractivity contribution < 1.29 is 9.53 Å². The molecule has 0 radical (unpaired) electrons. The van der Waals surface area contributed by atoms with Crippen LogP contribution in [0.4, 0.5) is 0 Å². The number of carbonyl (C=O) groups is 1. The van der Waals surface area contributed by atoms with E-state index in [1.165, 1.54) is 61.0 Å². The average Bonchev–Trinajstić information content (AvgIpc) is 3.53. The molecule has 36 heavy (non-hydrogen) atoms. The molecule has 4 atom stereocenters. The first-order chi connectivity index (χ1) is 17.5. The van der Waals surface area contributed by atoms with Gasteiger partial charge < -0.3 is 15.0 Å². The van der Waals surface area contributed by atoms with Crippen LogP contribution in [0, 0.1) is 12.8 Å². The summed E-state index contributed by atoms with van der Waals surface area (Å²) in [6.07, 6.45) is 11.7. The Bertz CT molecular complexity index is 1150. The largest absolute Gasteiger partial charge is 0.381 e. The van der Waals surface area contributed by atoms with E-state index in [1.54, 1.807) is 0 Å². The number of fused-ring (bicyclic) bond motifs is 2. The van der Waals surface area contributed by atoms with Crippen LogP contribution in [0.3, 0.4) is 0 Å². The molecular formula is C32H40N2O2. The lowest BCUT2D eigenvalue weighted by Crippen LogP contribution is -2.50. The van der Waals surface area contributed by atoms with Crippen molar-refractivity contribution in [2.75, 3.05) is 26.3 Å². The minimum absolute atomic E-state index is 0.0552. The molecule has 1 spiro atoms. The van der Waals surface area contributed by atoms with Gasteiger partial charge in [0.2, 0.25) is 0 Å². The van der Waals surface area contributed by atoms with Crippen molar-refractivity contribution in [1.29, 1.82) is 0 Å². The summed E-state index contributed by atoms with van der Waals surface area (Å²) in [5.74, 6) is 1.28. The van der Waals surface area contributed by atoms with Crippen molar-refractivity contribution in [3.05, 3.63) is 76.4 Å².